The van der Waals surface area contributed by atoms with Crippen molar-refractivity contribution in [1.29, 1.82) is 0 Å². The predicted octanol–water partition coefficient (Wildman–Crippen LogP) is 3.21. The fraction of sp³-hybridized carbons (Fsp3) is 0.467. The summed E-state index contributed by atoms with van der Waals surface area (Å²) in [4.78, 5) is 15.0. The van der Waals surface area contributed by atoms with Crippen LogP contribution in [-0.2, 0) is 9.53 Å². The summed E-state index contributed by atoms with van der Waals surface area (Å²) in [5.74, 6) is 0.0860. The van der Waals surface area contributed by atoms with Crippen molar-refractivity contribution in [2.45, 2.75) is 18.9 Å². The lowest BCUT2D eigenvalue weighted by Crippen LogP contribution is -2.43. The molecular weight excluding hydrogens is 343 g/mol. The third-order valence-corrected chi connectivity index (χ3v) is 4.82. The third kappa shape index (κ3) is 3.90. The van der Waals surface area contributed by atoms with E-state index in [0.29, 0.717) is 33.7 Å². The number of piperidine rings is 1. The van der Waals surface area contributed by atoms with Crippen molar-refractivity contribution in [2.75, 3.05) is 20.2 Å². The minimum Gasteiger partial charge on any atom is -0.393 e. The Bertz CT molecular complexity index is 575. The van der Waals surface area contributed by atoms with Crippen LogP contribution in [0.3, 0.4) is 0 Å². The summed E-state index contributed by atoms with van der Waals surface area (Å²) in [6.45, 7) is 1.22. The van der Waals surface area contributed by atoms with E-state index in [1.807, 2.05) is 0 Å². The molecule has 1 saturated heterocycles. The maximum Gasteiger partial charge on any atom is 0.256 e. The summed E-state index contributed by atoms with van der Waals surface area (Å²) in [6.07, 6.45) is 0.800. The third-order valence-electron chi connectivity index (χ3n) is 3.91. The summed E-state index contributed by atoms with van der Waals surface area (Å²) in [5.41, 5.74) is 6.26. The molecule has 4 nitrogen and oxygen atoms in total. The molecule has 1 aliphatic rings. The van der Waals surface area contributed by atoms with Crippen LogP contribution in [0.15, 0.2) is 18.2 Å². The van der Waals surface area contributed by atoms with E-state index in [2.05, 4.69) is 0 Å². The highest BCUT2D eigenvalue weighted by Gasteiger charge is 2.31. The Hall–Kier alpha value is -0.880. The number of halogens is 2. The first-order valence-corrected chi connectivity index (χ1v) is 8.16. The van der Waals surface area contributed by atoms with Crippen molar-refractivity contribution < 1.29 is 9.53 Å². The number of rotatable bonds is 4. The van der Waals surface area contributed by atoms with Crippen LogP contribution in [0.2, 0.25) is 10.0 Å². The van der Waals surface area contributed by atoms with Gasteiger partial charge in [-0.3, -0.25) is 4.79 Å². The summed E-state index contributed by atoms with van der Waals surface area (Å²) < 4.78 is 5.38. The van der Waals surface area contributed by atoms with E-state index < -0.39 is 6.10 Å². The average molecular weight is 361 g/mol. The van der Waals surface area contributed by atoms with Gasteiger partial charge in [-0.15, -0.1) is 0 Å². The molecular formula is C15H18Cl2N2O2S. The lowest BCUT2D eigenvalue weighted by atomic mass is 9.96. The summed E-state index contributed by atoms with van der Waals surface area (Å²) in [6, 6.07) is 5.01. The SMILES string of the molecule is COC(C(=O)N1CCC(C(N)=S)CC1)c1cc(Cl)ccc1Cl. The quantitative estimate of drug-likeness (QED) is 0.837. The molecule has 1 unspecified atom stereocenters. The fourth-order valence-electron chi connectivity index (χ4n) is 2.63. The van der Waals surface area contributed by atoms with Gasteiger partial charge in [-0.25, -0.2) is 0 Å². The molecule has 1 aromatic carbocycles. The van der Waals surface area contributed by atoms with Crippen LogP contribution in [0.25, 0.3) is 0 Å². The predicted molar refractivity (Wildman–Crippen MR) is 92.3 cm³/mol. The van der Waals surface area contributed by atoms with E-state index in [0.717, 1.165) is 12.8 Å². The van der Waals surface area contributed by atoms with Gasteiger partial charge in [0.2, 0.25) is 0 Å². The van der Waals surface area contributed by atoms with E-state index in [-0.39, 0.29) is 11.8 Å². The van der Waals surface area contributed by atoms with E-state index in [1.165, 1.54) is 7.11 Å². The highest BCUT2D eigenvalue weighted by Crippen LogP contribution is 2.30. The second-order valence-corrected chi connectivity index (χ2v) is 6.60. The van der Waals surface area contributed by atoms with Crippen molar-refractivity contribution in [3.63, 3.8) is 0 Å². The van der Waals surface area contributed by atoms with Crippen molar-refractivity contribution in [1.82, 2.24) is 4.90 Å². The van der Waals surface area contributed by atoms with Gasteiger partial charge in [0.15, 0.2) is 6.10 Å². The largest absolute Gasteiger partial charge is 0.393 e. The van der Waals surface area contributed by atoms with Gasteiger partial charge in [0, 0.05) is 41.7 Å². The van der Waals surface area contributed by atoms with E-state index in [4.69, 9.17) is 45.9 Å². The highest BCUT2D eigenvalue weighted by atomic mass is 35.5. The Morgan fingerprint density at radius 1 is 1.41 bits per heavy atom. The molecule has 22 heavy (non-hydrogen) atoms. The lowest BCUT2D eigenvalue weighted by molar-refractivity contribution is -0.143. The van der Waals surface area contributed by atoms with Gasteiger partial charge >= 0.3 is 0 Å². The molecule has 0 aromatic heterocycles. The number of thiocarbonyl (C=S) groups is 1. The van der Waals surface area contributed by atoms with Crippen molar-refractivity contribution in [3.8, 4) is 0 Å². The number of likely N-dealkylation sites (tertiary alicyclic amines) is 1. The first kappa shape index (κ1) is 17.5. The van der Waals surface area contributed by atoms with E-state index in [1.54, 1.807) is 23.1 Å². The van der Waals surface area contributed by atoms with Crippen LogP contribution in [0, 0.1) is 5.92 Å². The first-order chi connectivity index (χ1) is 10.4. The molecule has 7 heteroatoms. The van der Waals surface area contributed by atoms with Gasteiger partial charge in [-0.1, -0.05) is 35.4 Å². The molecule has 0 radical (unpaired) electrons. The average Bonchev–Trinajstić information content (AvgIpc) is 2.51. The summed E-state index contributed by atoms with van der Waals surface area (Å²) in [5, 5.41) is 0.976. The Labute approximate surface area is 145 Å². The Balaban J connectivity index is 2.13. The number of hydrogen-bond acceptors (Lipinski definition) is 3. The molecule has 0 saturated carbocycles. The normalized spacial score (nSPS) is 17.3. The van der Waals surface area contributed by atoms with E-state index in [9.17, 15) is 4.79 Å². The van der Waals surface area contributed by atoms with Gasteiger partial charge in [-0.05, 0) is 31.0 Å². The molecule has 2 N–H and O–H groups in total. The number of nitrogens with two attached hydrogens (primary N) is 1. The maximum atomic E-state index is 12.7. The molecule has 1 amide bonds. The molecule has 1 fully saturated rings. The van der Waals surface area contributed by atoms with Gasteiger partial charge in [0.05, 0.1) is 4.99 Å². The first-order valence-electron chi connectivity index (χ1n) is 7.00. The van der Waals surface area contributed by atoms with Crippen LogP contribution >= 0.6 is 35.4 Å². The van der Waals surface area contributed by atoms with E-state index >= 15 is 0 Å². The van der Waals surface area contributed by atoms with Crippen LogP contribution in [-0.4, -0.2) is 36.0 Å². The second-order valence-electron chi connectivity index (χ2n) is 5.28. The number of carbonyl (C=O) groups excluding carboxylic acids is 1. The van der Waals surface area contributed by atoms with Crippen LogP contribution in [0.5, 0.6) is 0 Å². The Morgan fingerprint density at radius 3 is 2.59 bits per heavy atom. The number of nitrogens with zero attached hydrogens (tertiary/aromatic N) is 1. The molecule has 1 heterocycles. The van der Waals surface area contributed by atoms with Gasteiger partial charge < -0.3 is 15.4 Å². The van der Waals surface area contributed by atoms with Crippen molar-refractivity contribution in [2.24, 2.45) is 11.7 Å². The molecule has 2 rings (SSSR count). The lowest BCUT2D eigenvalue weighted by Gasteiger charge is -2.33. The smallest absolute Gasteiger partial charge is 0.256 e. The minimum atomic E-state index is -0.757. The monoisotopic (exact) mass is 360 g/mol. The van der Waals surface area contributed by atoms with Gasteiger partial charge in [-0.2, -0.15) is 0 Å². The summed E-state index contributed by atoms with van der Waals surface area (Å²) >= 11 is 17.2. The van der Waals surface area contributed by atoms with Gasteiger partial charge in [0.1, 0.15) is 0 Å². The number of benzene rings is 1. The standard InChI is InChI=1S/C15H18Cl2N2O2S/c1-21-13(11-8-10(16)2-3-12(11)17)15(20)19-6-4-9(5-7-19)14(18)22/h2-3,8-9,13H,4-7H2,1H3,(H2,18,22). The topological polar surface area (TPSA) is 55.6 Å². The molecule has 1 aliphatic heterocycles. The zero-order valence-corrected chi connectivity index (χ0v) is 14.5. The molecule has 120 valence electrons. The van der Waals surface area contributed by atoms with Crippen LogP contribution in [0.4, 0.5) is 0 Å². The maximum absolute atomic E-state index is 12.7. The van der Waals surface area contributed by atoms with Crippen molar-refractivity contribution >= 4 is 46.3 Å². The number of ether oxygens (including phenoxy) is 1. The highest BCUT2D eigenvalue weighted by molar-refractivity contribution is 7.80. The zero-order valence-electron chi connectivity index (χ0n) is 12.2. The molecule has 0 spiro atoms. The fourth-order valence-corrected chi connectivity index (χ4v) is 3.26. The van der Waals surface area contributed by atoms with Crippen LogP contribution in [0.1, 0.15) is 24.5 Å². The van der Waals surface area contributed by atoms with Crippen molar-refractivity contribution in [3.05, 3.63) is 33.8 Å². The summed E-state index contributed by atoms with van der Waals surface area (Å²) in [7, 11) is 1.49. The number of amides is 1. The number of methoxy groups -OCH3 is 1. The molecule has 0 aliphatic carbocycles. The molecule has 1 aromatic rings. The Kier molecular flexibility index (Phi) is 6.03. The number of carbonyl (C=O) groups is 1. The molecule has 1 atom stereocenters. The number of hydrogen-bond donors (Lipinski definition) is 1. The minimum absolute atomic E-state index is 0.118. The molecule has 0 bridgehead atoms. The van der Waals surface area contributed by atoms with Crippen LogP contribution < -0.4 is 5.73 Å². The second kappa shape index (κ2) is 7.59. The Morgan fingerprint density at radius 2 is 2.05 bits per heavy atom. The van der Waals surface area contributed by atoms with Gasteiger partial charge in [0.25, 0.3) is 5.91 Å². The zero-order chi connectivity index (χ0) is 16.3.